The van der Waals surface area contributed by atoms with Gasteiger partial charge in [0.25, 0.3) is 0 Å². The number of nitrogens with two attached hydrogens (primary N) is 1. The summed E-state index contributed by atoms with van der Waals surface area (Å²) in [5, 5.41) is 10.2. The van der Waals surface area contributed by atoms with E-state index in [2.05, 4.69) is 30.5 Å². The molecule has 0 aliphatic heterocycles. The molecular weight excluding hydrogens is 352 g/mol. The number of H-pyrrole nitrogens is 1. The van der Waals surface area contributed by atoms with Crippen LogP contribution < -0.4 is 16.7 Å². The molecule has 0 amide bonds. The Morgan fingerprint density at radius 3 is 2.73 bits per heavy atom. The first kappa shape index (κ1) is 17.9. The average Bonchev–Trinajstić information content (AvgIpc) is 2.95. The summed E-state index contributed by atoms with van der Waals surface area (Å²) in [6, 6.07) is 7.87. The third kappa shape index (κ3) is 4.39. The Morgan fingerprint density at radius 1 is 1.23 bits per heavy atom. The van der Waals surface area contributed by atoms with E-state index in [0.717, 1.165) is 12.1 Å². The van der Waals surface area contributed by atoms with Gasteiger partial charge < -0.3 is 11.1 Å². The number of nitrogen functional groups attached to an aromatic ring is 1. The smallest absolute Gasteiger partial charge is 0.343 e. The highest BCUT2D eigenvalue weighted by Gasteiger charge is 2.11. The van der Waals surface area contributed by atoms with Crippen LogP contribution in [0.5, 0.6) is 0 Å². The summed E-state index contributed by atoms with van der Waals surface area (Å²) in [6.07, 6.45) is 0.844. The number of anilines is 3. The van der Waals surface area contributed by atoms with E-state index in [9.17, 15) is 4.79 Å². The number of rotatable bonds is 7. The van der Waals surface area contributed by atoms with E-state index >= 15 is 0 Å². The van der Waals surface area contributed by atoms with E-state index < -0.39 is 0 Å². The molecule has 26 heavy (non-hydrogen) atoms. The number of hydrogen-bond acceptors (Lipinski definition) is 8. The van der Waals surface area contributed by atoms with Gasteiger partial charge >= 0.3 is 5.69 Å². The Morgan fingerprint density at radius 2 is 2.00 bits per heavy atom. The molecule has 3 rings (SSSR count). The van der Waals surface area contributed by atoms with Gasteiger partial charge in [-0.2, -0.15) is 15.0 Å². The van der Waals surface area contributed by atoms with Gasteiger partial charge in [-0.15, -0.1) is 5.10 Å². The lowest BCUT2D eigenvalue weighted by Crippen LogP contribution is -2.17. The van der Waals surface area contributed by atoms with Crippen molar-refractivity contribution in [2.24, 2.45) is 0 Å². The summed E-state index contributed by atoms with van der Waals surface area (Å²) < 4.78 is 1.60. The first-order valence-electron chi connectivity index (χ1n) is 8.17. The largest absolute Gasteiger partial charge is 0.368 e. The molecule has 0 spiro atoms. The molecule has 2 aromatic heterocycles. The SMILES string of the molecule is CCCn1c(SCc2nc(N)nc(Nc3ccc(C)cc3)n2)n[nH]c1=O. The van der Waals surface area contributed by atoms with Crippen LogP contribution in [-0.2, 0) is 12.3 Å². The summed E-state index contributed by atoms with van der Waals surface area (Å²) in [6.45, 7) is 4.63. The van der Waals surface area contributed by atoms with Crippen LogP contribution in [0.1, 0.15) is 24.7 Å². The van der Waals surface area contributed by atoms with Crippen molar-refractivity contribution in [1.29, 1.82) is 0 Å². The normalized spacial score (nSPS) is 10.8. The fourth-order valence-corrected chi connectivity index (χ4v) is 3.12. The van der Waals surface area contributed by atoms with Gasteiger partial charge in [-0.05, 0) is 25.5 Å². The van der Waals surface area contributed by atoms with Crippen LogP contribution in [0, 0.1) is 6.92 Å². The van der Waals surface area contributed by atoms with E-state index in [1.54, 1.807) is 4.57 Å². The fraction of sp³-hybridized carbons (Fsp3) is 0.312. The van der Waals surface area contributed by atoms with Crippen LogP contribution in [0.4, 0.5) is 17.6 Å². The maximum atomic E-state index is 11.7. The molecule has 0 bridgehead atoms. The minimum absolute atomic E-state index is 0.137. The van der Waals surface area contributed by atoms with Crippen molar-refractivity contribution in [1.82, 2.24) is 29.7 Å². The van der Waals surface area contributed by atoms with Crippen LogP contribution in [0.2, 0.25) is 0 Å². The highest BCUT2D eigenvalue weighted by molar-refractivity contribution is 7.98. The lowest BCUT2D eigenvalue weighted by atomic mass is 10.2. The zero-order valence-electron chi connectivity index (χ0n) is 14.6. The van der Waals surface area contributed by atoms with Gasteiger partial charge in [0.2, 0.25) is 11.9 Å². The fourth-order valence-electron chi connectivity index (χ4n) is 2.29. The Labute approximate surface area is 154 Å². The molecule has 1 aromatic carbocycles. The van der Waals surface area contributed by atoms with Crippen molar-refractivity contribution >= 4 is 29.3 Å². The maximum absolute atomic E-state index is 11.7. The second kappa shape index (κ2) is 8.00. The Bertz CT molecular complexity index is 934. The molecule has 136 valence electrons. The zero-order valence-corrected chi connectivity index (χ0v) is 15.4. The van der Waals surface area contributed by atoms with E-state index in [4.69, 9.17) is 5.73 Å². The van der Waals surface area contributed by atoms with Crippen molar-refractivity contribution in [2.45, 2.75) is 37.7 Å². The minimum Gasteiger partial charge on any atom is -0.368 e. The number of aryl methyl sites for hydroxylation is 1. The molecule has 0 unspecified atom stereocenters. The van der Waals surface area contributed by atoms with Crippen LogP contribution >= 0.6 is 11.8 Å². The Hall–Kier alpha value is -2.88. The van der Waals surface area contributed by atoms with Gasteiger partial charge in [-0.25, -0.2) is 9.89 Å². The number of hydrogen-bond donors (Lipinski definition) is 3. The molecule has 0 radical (unpaired) electrons. The van der Waals surface area contributed by atoms with Crippen LogP contribution in [0.15, 0.2) is 34.2 Å². The molecule has 0 aliphatic carbocycles. The Balaban J connectivity index is 1.73. The summed E-state index contributed by atoms with van der Waals surface area (Å²) in [5.74, 6) is 1.45. The van der Waals surface area contributed by atoms with E-state index in [-0.39, 0.29) is 11.6 Å². The predicted molar refractivity (Wildman–Crippen MR) is 101 cm³/mol. The van der Waals surface area contributed by atoms with Crippen LogP contribution in [0.25, 0.3) is 0 Å². The highest BCUT2D eigenvalue weighted by Crippen LogP contribution is 2.20. The lowest BCUT2D eigenvalue weighted by molar-refractivity contribution is 0.603. The first-order chi connectivity index (χ1) is 12.5. The van der Waals surface area contributed by atoms with Gasteiger partial charge in [0.1, 0.15) is 5.82 Å². The zero-order chi connectivity index (χ0) is 18.5. The average molecular weight is 372 g/mol. The second-order valence-electron chi connectivity index (χ2n) is 5.68. The molecule has 3 aromatic rings. The molecule has 0 saturated carbocycles. The molecule has 0 saturated heterocycles. The summed E-state index contributed by atoms with van der Waals surface area (Å²) in [7, 11) is 0. The van der Waals surface area contributed by atoms with Gasteiger partial charge in [0.15, 0.2) is 5.16 Å². The van der Waals surface area contributed by atoms with Crippen LogP contribution in [0.3, 0.4) is 0 Å². The third-order valence-electron chi connectivity index (χ3n) is 3.51. The predicted octanol–water partition coefficient (Wildman–Crippen LogP) is 2.09. The topological polar surface area (TPSA) is 127 Å². The van der Waals surface area contributed by atoms with Gasteiger partial charge in [-0.3, -0.25) is 4.57 Å². The molecule has 0 fully saturated rings. The van der Waals surface area contributed by atoms with E-state index in [1.165, 1.54) is 17.3 Å². The summed E-state index contributed by atoms with van der Waals surface area (Å²) >= 11 is 1.37. The first-order valence-corrected chi connectivity index (χ1v) is 9.16. The number of aromatic nitrogens is 6. The monoisotopic (exact) mass is 372 g/mol. The standard InChI is InChI=1S/C16H20N8OS/c1-3-8-24-15(25)22-23-16(24)26-9-12-19-13(17)21-14(20-12)18-11-6-4-10(2)5-7-11/h4-7H,3,8-9H2,1-2H3,(H,22,25)(H3,17,18,19,20,21). The number of aromatic amines is 1. The molecular formula is C16H20N8OS. The second-order valence-corrected chi connectivity index (χ2v) is 6.62. The van der Waals surface area contributed by atoms with Gasteiger partial charge in [0, 0.05) is 12.2 Å². The molecule has 4 N–H and O–H groups in total. The number of nitrogens with one attached hydrogen (secondary N) is 2. The Kier molecular flexibility index (Phi) is 5.52. The number of thioether (sulfide) groups is 1. The number of nitrogens with zero attached hydrogens (tertiary/aromatic N) is 5. The molecule has 10 heteroatoms. The van der Waals surface area contributed by atoms with Crippen molar-refractivity contribution in [3.63, 3.8) is 0 Å². The van der Waals surface area contributed by atoms with Crippen molar-refractivity contribution < 1.29 is 0 Å². The van der Waals surface area contributed by atoms with E-state index in [1.807, 2.05) is 38.1 Å². The molecule has 9 nitrogen and oxygen atoms in total. The summed E-state index contributed by atoms with van der Waals surface area (Å²) in [5.41, 5.74) is 7.61. The van der Waals surface area contributed by atoms with Gasteiger partial charge in [0.05, 0.1) is 5.75 Å². The van der Waals surface area contributed by atoms with E-state index in [0.29, 0.717) is 29.2 Å². The van der Waals surface area contributed by atoms with Crippen molar-refractivity contribution in [3.8, 4) is 0 Å². The minimum atomic E-state index is -0.216. The quantitative estimate of drug-likeness (QED) is 0.538. The van der Waals surface area contributed by atoms with Gasteiger partial charge in [-0.1, -0.05) is 36.4 Å². The summed E-state index contributed by atoms with van der Waals surface area (Å²) in [4.78, 5) is 24.4. The molecule has 0 atom stereocenters. The lowest BCUT2D eigenvalue weighted by Gasteiger charge is -2.08. The van der Waals surface area contributed by atoms with Crippen molar-refractivity contribution in [3.05, 3.63) is 46.1 Å². The van der Waals surface area contributed by atoms with Crippen molar-refractivity contribution in [2.75, 3.05) is 11.1 Å². The molecule has 0 aliphatic rings. The highest BCUT2D eigenvalue weighted by atomic mass is 32.2. The molecule has 2 heterocycles. The third-order valence-corrected chi connectivity index (χ3v) is 4.48. The maximum Gasteiger partial charge on any atom is 0.343 e. The van der Waals surface area contributed by atoms with Crippen LogP contribution in [-0.4, -0.2) is 29.7 Å². The number of benzene rings is 1.